The Morgan fingerprint density at radius 1 is 1.37 bits per heavy atom. The minimum absolute atomic E-state index is 0.0764. The third-order valence-corrected chi connectivity index (χ3v) is 3.80. The van der Waals surface area contributed by atoms with Gasteiger partial charge >= 0.3 is 0 Å². The number of likely N-dealkylation sites (N-methyl/N-ethyl adjacent to an activating group) is 1. The van der Waals surface area contributed by atoms with Gasteiger partial charge < -0.3 is 10.6 Å². The number of nitrogens with two attached hydrogens (primary N) is 1. The van der Waals surface area contributed by atoms with Crippen LogP contribution in [0, 0.1) is 0 Å². The van der Waals surface area contributed by atoms with E-state index in [9.17, 15) is 4.79 Å². The number of benzene rings is 1. The Labute approximate surface area is 120 Å². The Bertz CT molecular complexity index is 370. The molecular weight excluding hydrogens is 256 g/mol. The third-order valence-electron chi connectivity index (χ3n) is 3.16. The summed E-state index contributed by atoms with van der Waals surface area (Å²) in [4.78, 5) is 14.1. The van der Waals surface area contributed by atoms with E-state index in [0.29, 0.717) is 0 Å². The summed E-state index contributed by atoms with van der Waals surface area (Å²) in [5.74, 6) is 1.01. The molecule has 0 fully saturated rings. The highest BCUT2D eigenvalue weighted by molar-refractivity contribution is 7.98. The molecule has 1 rings (SSSR count). The molecule has 106 valence electrons. The summed E-state index contributed by atoms with van der Waals surface area (Å²) >= 11 is 1.73. The second-order valence-electron chi connectivity index (χ2n) is 4.54. The predicted molar refractivity (Wildman–Crippen MR) is 83.4 cm³/mol. The zero-order valence-electron chi connectivity index (χ0n) is 11.8. The largest absolute Gasteiger partial charge is 0.341 e. The molecule has 0 aromatic heterocycles. The van der Waals surface area contributed by atoms with Crippen LogP contribution in [0.25, 0.3) is 0 Å². The van der Waals surface area contributed by atoms with Gasteiger partial charge in [0.2, 0.25) is 5.91 Å². The van der Waals surface area contributed by atoms with E-state index in [4.69, 9.17) is 5.73 Å². The second kappa shape index (κ2) is 8.99. The van der Waals surface area contributed by atoms with Crippen molar-refractivity contribution in [2.24, 2.45) is 5.73 Å². The van der Waals surface area contributed by atoms with Crippen molar-refractivity contribution in [3.63, 3.8) is 0 Å². The van der Waals surface area contributed by atoms with Gasteiger partial charge in [-0.2, -0.15) is 11.8 Å². The van der Waals surface area contributed by atoms with Crippen LogP contribution >= 0.6 is 11.8 Å². The van der Waals surface area contributed by atoms with Crippen LogP contribution < -0.4 is 5.73 Å². The summed E-state index contributed by atoms with van der Waals surface area (Å²) in [5, 5.41) is 0. The molecule has 1 atom stereocenters. The van der Waals surface area contributed by atoms with Gasteiger partial charge in [0.15, 0.2) is 0 Å². The molecule has 0 aliphatic carbocycles. The summed E-state index contributed by atoms with van der Waals surface area (Å²) in [6.45, 7) is 3.47. The van der Waals surface area contributed by atoms with Crippen LogP contribution in [-0.2, 0) is 11.2 Å². The standard InChI is InChI=1S/C15H24N2OS/c1-3-17(15(18)14(16)10-12-19-2)11-9-13-7-5-4-6-8-13/h4-8,14H,3,9-12,16H2,1-2H3/t14-/m1/s1. The molecule has 1 amide bonds. The molecule has 2 N–H and O–H groups in total. The monoisotopic (exact) mass is 280 g/mol. The maximum absolute atomic E-state index is 12.2. The number of rotatable bonds is 8. The maximum Gasteiger partial charge on any atom is 0.239 e. The molecule has 0 radical (unpaired) electrons. The Morgan fingerprint density at radius 3 is 2.63 bits per heavy atom. The lowest BCUT2D eigenvalue weighted by atomic mass is 10.1. The first-order valence-corrected chi connectivity index (χ1v) is 8.15. The van der Waals surface area contributed by atoms with E-state index in [2.05, 4.69) is 12.1 Å². The van der Waals surface area contributed by atoms with Gasteiger partial charge in [-0.15, -0.1) is 0 Å². The summed E-state index contributed by atoms with van der Waals surface area (Å²) < 4.78 is 0. The first kappa shape index (κ1) is 16.1. The zero-order valence-corrected chi connectivity index (χ0v) is 12.7. The first-order chi connectivity index (χ1) is 9.19. The molecule has 0 bridgehead atoms. The third kappa shape index (κ3) is 5.66. The Kier molecular flexibility index (Phi) is 7.60. The van der Waals surface area contributed by atoms with E-state index in [1.807, 2.05) is 36.3 Å². The minimum atomic E-state index is -0.358. The predicted octanol–water partition coefficient (Wildman–Crippen LogP) is 2.16. The topological polar surface area (TPSA) is 46.3 Å². The van der Waals surface area contributed by atoms with Crippen molar-refractivity contribution in [1.82, 2.24) is 4.90 Å². The molecule has 0 heterocycles. The lowest BCUT2D eigenvalue weighted by molar-refractivity contribution is -0.132. The zero-order chi connectivity index (χ0) is 14.1. The quantitative estimate of drug-likeness (QED) is 0.794. The normalized spacial score (nSPS) is 12.2. The molecule has 0 aliphatic heterocycles. The lowest BCUT2D eigenvalue weighted by Crippen LogP contribution is -2.44. The molecule has 0 spiro atoms. The average molecular weight is 280 g/mol. The number of hydrogen-bond acceptors (Lipinski definition) is 3. The molecule has 4 heteroatoms. The number of amides is 1. The van der Waals surface area contributed by atoms with Gasteiger partial charge in [-0.05, 0) is 37.3 Å². The van der Waals surface area contributed by atoms with Crippen molar-refractivity contribution in [2.75, 3.05) is 25.1 Å². The van der Waals surface area contributed by atoms with E-state index in [0.717, 1.165) is 31.7 Å². The van der Waals surface area contributed by atoms with Gasteiger partial charge in [0, 0.05) is 13.1 Å². The van der Waals surface area contributed by atoms with Crippen LogP contribution in [0.5, 0.6) is 0 Å². The SMILES string of the molecule is CCN(CCc1ccccc1)C(=O)[C@H](N)CCSC. The summed E-state index contributed by atoms with van der Waals surface area (Å²) in [7, 11) is 0. The van der Waals surface area contributed by atoms with E-state index in [1.165, 1.54) is 5.56 Å². The number of carbonyl (C=O) groups excluding carboxylic acids is 1. The van der Waals surface area contributed by atoms with Crippen LogP contribution in [0.3, 0.4) is 0 Å². The van der Waals surface area contributed by atoms with Gasteiger partial charge in [0.05, 0.1) is 6.04 Å². The summed E-state index contributed by atoms with van der Waals surface area (Å²) in [6, 6.07) is 9.88. The van der Waals surface area contributed by atoms with Crippen molar-refractivity contribution >= 4 is 17.7 Å². The fraction of sp³-hybridized carbons (Fsp3) is 0.533. The number of hydrogen-bond donors (Lipinski definition) is 1. The molecule has 0 saturated heterocycles. The van der Waals surface area contributed by atoms with Crippen LogP contribution in [0.1, 0.15) is 18.9 Å². The van der Waals surface area contributed by atoms with Crippen LogP contribution in [0.2, 0.25) is 0 Å². The Morgan fingerprint density at radius 2 is 2.05 bits per heavy atom. The lowest BCUT2D eigenvalue weighted by Gasteiger charge is -2.24. The van der Waals surface area contributed by atoms with Gasteiger partial charge in [-0.3, -0.25) is 4.79 Å². The van der Waals surface area contributed by atoms with E-state index in [-0.39, 0.29) is 11.9 Å². The molecule has 3 nitrogen and oxygen atoms in total. The highest BCUT2D eigenvalue weighted by Crippen LogP contribution is 2.05. The summed E-state index contributed by atoms with van der Waals surface area (Å²) in [5.41, 5.74) is 7.20. The van der Waals surface area contributed by atoms with Crippen molar-refractivity contribution < 1.29 is 4.79 Å². The van der Waals surface area contributed by atoms with Gasteiger partial charge in [0.25, 0.3) is 0 Å². The minimum Gasteiger partial charge on any atom is -0.341 e. The van der Waals surface area contributed by atoms with Crippen molar-refractivity contribution in [3.05, 3.63) is 35.9 Å². The van der Waals surface area contributed by atoms with Crippen molar-refractivity contribution in [3.8, 4) is 0 Å². The number of carbonyl (C=O) groups is 1. The van der Waals surface area contributed by atoms with Gasteiger partial charge in [-0.25, -0.2) is 0 Å². The Hall–Kier alpha value is -1.00. The fourth-order valence-electron chi connectivity index (χ4n) is 1.94. The molecule has 0 unspecified atom stereocenters. The first-order valence-electron chi connectivity index (χ1n) is 6.76. The van der Waals surface area contributed by atoms with E-state index in [1.54, 1.807) is 11.8 Å². The molecule has 0 saturated carbocycles. The van der Waals surface area contributed by atoms with Crippen molar-refractivity contribution in [2.45, 2.75) is 25.8 Å². The molecule has 1 aromatic carbocycles. The average Bonchev–Trinajstić information content (AvgIpc) is 2.46. The Balaban J connectivity index is 2.46. The highest BCUT2D eigenvalue weighted by Gasteiger charge is 2.18. The van der Waals surface area contributed by atoms with Crippen LogP contribution in [-0.4, -0.2) is 41.9 Å². The van der Waals surface area contributed by atoms with Gasteiger partial charge in [-0.1, -0.05) is 30.3 Å². The fourth-order valence-corrected chi connectivity index (χ4v) is 2.43. The maximum atomic E-state index is 12.2. The molecule has 19 heavy (non-hydrogen) atoms. The smallest absolute Gasteiger partial charge is 0.239 e. The van der Waals surface area contributed by atoms with E-state index >= 15 is 0 Å². The van der Waals surface area contributed by atoms with Crippen LogP contribution in [0.4, 0.5) is 0 Å². The number of nitrogens with zero attached hydrogens (tertiary/aromatic N) is 1. The molecular formula is C15H24N2OS. The summed E-state index contributed by atoms with van der Waals surface area (Å²) in [6.07, 6.45) is 3.67. The van der Waals surface area contributed by atoms with E-state index < -0.39 is 0 Å². The molecule has 0 aliphatic rings. The second-order valence-corrected chi connectivity index (χ2v) is 5.53. The van der Waals surface area contributed by atoms with Crippen LogP contribution in [0.15, 0.2) is 30.3 Å². The van der Waals surface area contributed by atoms with Gasteiger partial charge in [0.1, 0.15) is 0 Å². The molecule has 1 aromatic rings. The highest BCUT2D eigenvalue weighted by atomic mass is 32.2. The number of thioether (sulfide) groups is 1. The van der Waals surface area contributed by atoms with Crippen molar-refractivity contribution in [1.29, 1.82) is 0 Å².